The van der Waals surface area contributed by atoms with Crippen molar-refractivity contribution in [3.8, 4) is 0 Å². The molecule has 4 atom stereocenters. The smallest absolute Gasteiger partial charge is 0.166 e. The van der Waals surface area contributed by atoms with Crippen LogP contribution in [-0.4, -0.2) is 26.3 Å². The Hall–Kier alpha value is -0.930. The Kier molecular flexibility index (Phi) is 4.50. The van der Waals surface area contributed by atoms with E-state index in [1.54, 1.807) is 20.3 Å². The fourth-order valence-electron chi connectivity index (χ4n) is 3.83. The molecule has 0 aliphatic heterocycles. The molecule has 2 rings (SSSR count). The normalized spacial score (nSPS) is 34.4. The molecule has 0 heterocycles. The van der Waals surface area contributed by atoms with Crippen LogP contribution in [0.5, 0.6) is 0 Å². The van der Waals surface area contributed by atoms with E-state index in [0.29, 0.717) is 11.8 Å². The molecule has 0 spiro atoms. The molecule has 0 aromatic rings. The van der Waals surface area contributed by atoms with Gasteiger partial charge in [-0.2, -0.15) is 0 Å². The van der Waals surface area contributed by atoms with Crippen LogP contribution in [-0.2, 0) is 14.3 Å². The average Bonchev–Trinajstić information content (AvgIpc) is 3.01. The minimum Gasteiger partial charge on any atom is -0.355 e. The van der Waals surface area contributed by atoms with E-state index >= 15 is 0 Å². The zero-order valence-electron chi connectivity index (χ0n) is 13.0. The molecule has 2 saturated carbocycles. The third-order valence-electron chi connectivity index (χ3n) is 5.38. The van der Waals surface area contributed by atoms with Crippen LogP contribution in [0.2, 0.25) is 0 Å². The summed E-state index contributed by atoms with van der Waals surface area (Å²) in [5.41, 5.74) is 1.30. The summed E-state index contributed by atoms with van der Waals surface area (Å²) in [6.07, 6.45) is 7.06. The number of carbonyl (C=O) groups excluding carboxylic acids is 1. The first-order valence-corrected chi connectivity index (χ1v) is 7.42. The van der Waals surface area contributed by atoms with Gasteiger partial charge < -0.3 is 9.47 Å². The minimum absolute atomic E-state index is 0.00601. The standard InChI is InChI=1S/C17H26O3/c1-11(16(19-4)20-5)15(18)8-9-17(3)12(2)13-6-7-14(17)10-13/h8-9,11,13-14,16H,2,6-7,10H2,1,3-5H3. The predicted molar refractivity (Wildman–Crippen MR) is 79.2 cm³/mol. The zero-order chi connectivity index (χ0) is 14.9. The van der Waals surface area contributed by atoms with Crippen molar-refractivity contribution >= 4 is 5.78 Å². The first kappa shape index (κ1) is 15.5. The lowest BCUT2D eigenvalue weighted by molar-refractivity contribution is -0.150. The van der Waals surface area contributed by atoms with Crippen molar-refractivity contribution in [2.75, 3.05) is 14.2 Å². The second-order valence-electron chi connectivity index (χ2n) is 6.38. The Balaban J connectivity index is 2.06. The van der Waals surface area contributed by atoms with Crippen LogP contribution in [0.4, 0.5) is 0 Å². The second kappa shape index (κ2) is 5.82. The van der Waals surface area contributed by atoms with Gasteiger partial charge >= 0.3 is 0 Å². The second-order valence-corrected chi connectivity index (χ2v) is 6.38. The lowest BCUT2D eigenvalue weighted by Crippen LogP contribution is -2.29. The number of ether oxygens (including phenoxy) is 2. The van der Waals surface area contributed by atoms with E-state index in [1.807, 2.05) is 6.92 Å². The van der Waals surface area contributed by atoms with Crippen molar-refractivity contribution < 1.29 is 14.3 Å². The van der Waals surface area contributed by atoms with Gasteiger partial charge in [0.2, 0.25) is 0 Å². The number of ketones is 1. The highest BCUT2D eigenvalue weighted by Gasteiger charge is 2.49. The molecule has 3 nitrogen and oxygen atoms in total. The van der Waals surface area contributed by atoms with Crippen molar-refractivity contribution in [3.05, 3.63) is 24.3 Å². The van der Waals surface area contributed by atoms with Crippen LogP contribution >= 0.6 is 0 Å². The number of hydrogen-bond acceptors (Lipinski definition) is 3. The third kappa shape index (κ3) is 2.49. The highest BCUT2D eigenvalue weighted by molar-refractivity contribution is 5.92. The van der Waals surface area contributed by atoms with E-state index < -0.39 is 6.29 Å². The molecule has 3 heteroatoms. The topological polar surface area (TPSA) is 35.5 Å². The largest absolute Gasteiger partial charge is 0.355 e. The van der Waals surface area contributed by atoms with Gasteiger partial charge in [-0.15, -0.1) is 0 Å². The number of carbonyl (C=O) groups is 1. The number of rotatable bonds is 6. The van der Waals surface area contributed by atoms with Gasteiger partial charge in [-0.25, -0.2) is 0 Å². The highest BCUT2D eigenvalue weighted by Crippen LogP contribution is 2.59. The SMILES string of the molecule is C=C1C2CCC(C2)C1(C)C=CC(=O)C(C)C(OC)OC. The number of fused-ring (bicyclic) bond motifs is 2. The molecular weight excluding hydrogens is 252 g/mol. The number of allylic oxidation sites excluding steroid dienone is 3. The Labute approximate surface area is 122 Å². The van der Waals surface area contributed by atoms with Crippen LogP contribution in [0, 0.1) is 23.2 Å². The molecule has 2 fully saturated rings. The van der Waals surface area contributed by atoms with Crippen LogP contribution in [0.3, 0.4) is 0 Å². The van der Waals surface area contributed by atoms with Gasteiger partial charge in [-0.05, 0) is 37.2 Å². The lowest BCUT2D eigenvalue weighted by Gasteiger charge is -2.33. The van der Waals surface area contributed by atoms with Gasteiger partial charge in [0.1, 0.15) is 0 Å². The molecule has 2 aliphatic carbocycles. The van der Waals surface area contributed by atoms with Crippen molar-refractivity contribution in [1.82, 2.24) is 0 Å². The van der Waals surface area contributed by atoms with Gasteiger partial charge in [-0.1, -0.05) is 32.1 Å². The summed E-state index contributed by atoms with van der Waals surface area (Å²) in [6, 6.07) is 0. The summed E-state index contributed by atoms with van der Waals surface area (Å²) < 4.78 is 10.3. The number of hydrogen-bond donors (Lipinski definition) is 0. The van der Waals surface area contributed by atoms with E-state index in [9.17, 15) is 4.79 Å². The maximum Gasteiger partial charge on any atom is 0.166 e. The van der Waals surface area contributed by atoms with Crippen molar-refractivity contribution in [2.24, 2.45) is 23.2 Å². The average molecular weight is 278 g/mol. The Morgan fingerprint density at radius 1 is 1.40 bits per heavy atom. The molecule has 0 aromatic heterocycles. The fraction of sp³-hybridized carbons (Fsp3) is 0.706. The van der Waals surface area contributed by atoms with E-state index in [2.05, 4.69) is 19.6 Å². The maximum atomic E-state index is 12.2. The zero-order valence-corrected chi connectivity index (χ0v) is 13.0. The molecule has 0 N–H and O–H groups in total. The summed E-state index contributed by atoms with van der Waals surface area (Å²) in [6.45, 7) is 8.32. The summed E-state index contributed by atoms with van der Waals surface area (Å²) in [5, 5.41) is 0. The van der Waals surface area contributed by atoms with E-state index in [1.165, 1.54) is 24.8 Å². The van der Waals surface area contributed by atoms with Crippen molar-refractivity contribution in [3.63, 3.8) is 0 Å². The molecule has 0 radical (unpaired) electrons. The molecule has 0 amide bonds. The van der Waals surface area contributed by atoms with Gasteiger partial charge in [0.15, 0.2) is 12.1 Å². The lowest BCUT2D eigenvalue weighted by atomic mass is 9.71. The summed E-state index contributed by atoms with van der Waals surface area (Å²) in [4.78, 5) is 12.2. The summed E-state index contributed by atoms with van der Waals surface area (Å²) in [7, 11) is 3.11. The van der Waals surface area contributed by atoms with Crippen LogP contribution in [0.1, 0.15) is 33.1 Å². The van der Waals surface area contributed by atoms with Gasteiger partial charge in [0.05, 0.1) is 5.92 Å². The third-order valence-corrected chi connectivity index (χ3v) is 5.38. The maximum absolute atomic E-state index is 12.2. The quantitative estimate of drug-likeness (QED) is 0.424. The van der Waals surface area contributed by atoms with Gasteiger partial charge in [0.25, 0.3) is 0 Å². The monoisotopic (exact) mass is 278 g/mol. The summed E-state index contributed by atoms with van der Waals surface area (Å²) in [5.74, 6) is 1.07. The van der Waals surface area contributed by atoms with Crippen LogP contribution < -0.4 is 0 Å². The van der Waals surface area contributed by atoms with Crippen molar-refractivity contribution in [2.45, 2.75) is 39.4 Å². The Morgan fingerprint density at radius 2 is 2.05 bits per heavy atom. The summed E-state index contributed by atoms with van der Waals surface area (Å²) >= 11 is 0. The molecule has 0 saturated heterocycles. The number of methoxy groups -OCH3 is 2. The predicted octanol–water partition coefficient (Wildman–Crippen LogP) is 3.36. The minimum atomic E-state index is -0.483. The molecule has 20 heavy (non-hydrogen) atoms. The Bertz CT molecular complexity index is 422. The van der Waals surface area contributed by atoms with Gasteiger partial charge in [-0.3, -0.25) is 4.79 Å². The fourth-order valence-corrected chi connectivity index (χ4v) is 3.83. The van der Waals surface area contributed by atoms with E-state index in [0.717, 1.165) is 0 Å². The Morgan fingerprint density at radius 3 is 2.55 bits per heavy atom. The first-order valence-electron chi connectivity index (χ1n) is 7.42. The van der Waals surface area contributed by atoms with E-state index in [-0.39, 0.29) is 17.1 Å². The van der Waals surface area contributed by atoms with Gasteiger partial charge in [0, 0.05) is 19.6 Å². The molecular formula is C17H26O3. The molecule has 0 aromatic carbocycles. The molecule has 112 valence electrons. The first-order chi connectivity index (χ1) is 9.43. The van der Waals surface area contributed by atoms with Crippen LogP contribution in [0.25, 0.3) is 0 Å². The molecule has 2 aliphatic rings. The molecule has 2 bridgehead atoms. The van der Waals surface area contributed by atoms with E-state index in [4.69, 9.17) is 9.47 Å². The van der Waals surface area contributed by atoms with Crippen molar-refractivity contribution in [1.29, 1.82) is 0 Å². The van der Waals surface area contributed by atoms with Crippen LogP contribution in [0.15, 0.2) is 24.3 Å². The highest BCUT2D eigenvalue weighted by atomic mass is 16.7. The molecule has 4 unspecified atom stereocenters.